The molecule has 1 fully saturated rings. The van der Waals surface area contributed by atoms with Crippen LogP contribution < -0.4 is 16.2 Å². The van der Waals surface area contributed by atoms with Gasteiger partial charge in [-0.05, 0) is 12.8 Å². The number of nitrogen functional groups attached to an aromatic ring is 1. The van der Waals surface area contributed by atoms with Crippen molar-refractivity contribution in [1.29, 1.82) is 0 Å². The summed E-state index contributed by atoms with van der Waals surface area (Å²) in [4.78, 5) is 31.0. The number of aromatic nitrogens is 2. The van der Waals surface area contributed by atoms with Crippen LogP contribution in [0, 0.1) is 0 Å². The lowest BCUT2D eigenvalue weighted by atomic mass is 9.93. The molecular weight excluding hydrogens is 220 g/mol. The Hall–Kier alpha value is -1.85. The molecule has 1 saturated carbocycles. The van der Waals surface area contributed by atoms with Gasteiger partial charge in [-0.15, -0.1) is 0 Å². The van der Waals surface area contributed by atoms with E-state index in [0.29, 0.717) is 24.4 Å². The smallest absolute Gasteiger partial charge is 0.276 e. The number of aromatic amines is 1. The number of anilines is 2. The van der Waals surface area contributed by atoms with Crippen LogP contribution in [0.4, 0.5) is 11.5 Å². The molecule has 1 aromatic rings. The second kappa shape index (κ2) is 4.57. The van der Waals surface area contributed by atoms with Gasteiger partial charge in [0.1, 0.15) is 11.5 Å². The van der Waals surface area contributed by atoms with E-state index >= 15 is 0 Å². The first-order chi connectivity index (χ1) is 8.09. The zero-order chi connectivity index (χ0) is 12.4. The molecule has 1 aromatic heterocycles. The molecule has 6 nitrogen and oxygen atoms in total. The predicted molar refractivity (Wildman–Crippen MR) is 64.9 cm³/mol. The summed E-state index contributed by atoms with van der Waals surface area (Å²) in [5.41, 5.74) is 5.51. The Morgan fingerprint density at radius 3 is 2.71 bits per heavy atom. The summed E-state index contributed by atoms with van der Waals surface area (Å²) in [6, 6.07) is 0.226. The zero-order valence-electron chi connectivity index (χ0n) is 9.77. The summed E-state index contributed by atoms with van der Waals surface area (Å²) in [6.45, 7) is 0. The molecule has 17 heavy (non-hydrogen) atoms. The number of nitrogens with zero attached hydrogens (tertiary/aromatic N) is 2. The molecule has 1 aliphatic rings. The van der Waals surface area contributed by atoms with Gasteiger partial charge in [-0.25, -0.2) is 4.98 Å². The number of carbonyl (C=O) groups excluding carboxylic acids is 1. The predicted octanol–water partition coefficient (Wildman–Crippen LogP) is 0.300. The van der Waals surface area contributed by atoms with Crippen LogP contribution in [-0.2, 0) is 4.79 Å². The van der Waals surface area contributed by atoms with E-state index in [1.54, 1.807) is 0 Å². The van der Waals surface area contributed by atoms with Crippen LogP contribution in [0.5, 0.6) is 0 Å². The van der Waals surface area contributed by atoms with Gasteiger partial charge in [-0.2, -0.15) is 0 Å². The third-order valence-corrected chi connectivity index (χ3v) is 3.26. The van der Waals surface area contributed by atoms with E-state index < -0.39 is 0 Å². The molecule has 0 bridgehead atoms. The van der Waals surface area contributed by atoms with Crippen molar-refractivity contribution in [3.8, 4) is 0 Å². The Labute approximate surface area is 98.8 Å². The number of Topliss-reactive ketones (excluding diaryl/α,β-unsaturated/α-hetero) is 1. The first kappa shape index (κ1) is 11.6. The second-order valence-corrected chi connectivity index (χ2v) is 4.35. The number of hydrogen-bond acceptors (Lipinski definition) is 5. The molecule has 0 aromatic carbocycles. The molecule has 0 atom stereocenters. The minimum absolute atomic E-state index is 0.131. The molecule has 1 aliphatic carbocycles. The average molecular weight is 236 g/mol. The van der Waals surface area contributed by atoms with Crippen LogP contribution in [0.1, 0.15) is 25.7 Å². The molecule has 3 N–H and O–H groups in total. The fourth-order valence-corrected chi connectivity index (χ4v) is 2.17. The quantitative estimate of drug-likeness (QED) is 0.770. The maximum absolute atomic E-state index is 11.4. The molecule has 0 radical (unpaired) electrons. The first-order valence-corrected chi connectivity index (χ1v) is 5.67. The lowest BCUT2D eigenvalue weighted by molar-refractivity contribution is -0.120. The topological polar surface area (TPSA) is 92.1 Å². The molecule has 0 spiro atoms. The highest BCUT2D eigenvalue weighted by atomic mass is 16.1. The van der Waals surface area contributed by atoms with Crippen LogP contribution >= 0.6 is 0 Å². The third kappa shape index (κ3) is 2.30. The van der Waals surface area contributed by atoms with Crippen LogP contribution in [0.2, 0.25) is 0 Å². The molecule has 2 rings (SSSR count). The van der Waals surface area contributed by atoms with Gasteiger partial charge in [0, 0.05) is 25.9 Å². The van der Waals surface area contributed by atoms with Gasteiger partial charge >= 0.3 is 0 Å². The van der Waals surface area contributed by atoms with Crippen molar-refractivity contribution in [3.05, 3.63) is 16.7 Å². The van der Waals surface area contributed by atoms with Crippen molar-refractivity contribution < 1.29 is 4.79 Å². The largest absolute Gasteiger partial charge is 0.391 e. The Morgan fingerprint density at radius 1 is 1.41 bits per heavy atom. The van der Waals surface area contributed by atoms with E-state index in [-0.39, 0.29) is 17.3 Å². The molecule has 6 heteroatoms. The summed E-state index contributed by atoms with van der Waals surface area (Å²) in [5, 5.41) is 0. The second-order valence-electron chi connectivity index (χ2n) is 4.35. The average Bonchev–Trinajstić information content (AvgIpc) is 2.33. The molecular formula is C11H16N4O2. The molecule has 0 aliphatic heterocycles. The van der Waals surface area contributed by atoms with E-state index in [0.717, 1.165) is 12.8 Å². The minimum Gasteiger partial charge on any atom is -0.391 e. The van der Waals surface area contributed by atoms with Crippen molar-refractivity contribution in [2.24, 2.45) is 0 Å². The van der Waals surface area contributed by atoms with Gasteiger partial charge in [0.15, 0.2) is 5.82 Å². The van der Waals surface area contributed by atoms with Gasteiger partial charge in [-0.3, -0.25) is 9.59 Å². The van der Waals surface area contributed by atoms with Crippen LogP contribution in [-0.4, -0.2) is 28.8 Å². The number of hydrogen-bond donors (Lipinski definition) is 2. The number of nitrogens with two attached hydrogens (primary N) is 1. The lowest BCUT2D eigenvalue weighted by Crippen LogP contribution is -2.37. The van der Waals surface area contributed by atoms with Gasteiger partial charge in [0.2, 0.25) is 0 Å². The lowest BCUT2D eigenvalue weighted by Gasteiger charge is -2.31. The van der Waals surface area contributed by atoms with Crippen molar-refractivity contribution in [2.45, 2.75) is 31.7 Å². The van der Waals surface area contributed by atoms with Crippen LogP contribution in [0.3, 0.4) is 0 Å². The maximum atomic E-state index is 11.4. The van der Waals surface area contributed by atoms with Gasteiger partial charge in [0.25, 0.3) is 5.56 Å². The highest BCUT2D eigenvalue weighted by Crippen LogP contribution is 2.24. The number of rotatable bonds is 2. The number of nitrogens with one attached hydrogen (secondary N) is 1. The summed E-state index contributed by atoms with van der Waals surface area (Å²) >= 11 is 0. The Balaban J connectivity index is 2.19. The van der Waals surface area contributed by atoms with Crippen molar-refractivity contribution in [2.75, 3.05) is 17.7 Å². The molecule has 1 heterocycles. The summed E-state index contributed by atoms with van der Waals surface area (Å²) in [5.74, 6) is 0.801. The van der Waals surface area contributed by atoms with Gasteiger partial charge in [-0.1, -0.05) is 0 Å². The monoisotopic (exact) mass is 236 g/mol. The van der Waals surface area contributed by atoms with Crippen molar-refractivity contribution >= 4 is 17.3 Å². The number of carbonyl (C=O) groups is 1. The number of ketones is 1. The third-order valence-electron chi connectivity index (χ3n) is 3.26. The van der Waals surface area contributed by atoms with Crippen molar-refractivity contribution in [3.63, 3.8) is 0 Å². The fraction of sp³-hybridized carbons (Fsp3) is 0.545. The molecule has 92 valence electrons. The molecule has 0 amide bonds. The first-order valence-electron chi connectivity index (χ1n) is 5.67. The summed E-state index contributed by atoms with van der Waals surface area (Å²) in [6.07, 6.45) is 4.13. The molecule has 0 unspecified atom stereocenters. The standard InChI is InChI=1S/C11H16N4O2/c1-15(7-2-4-8(16)5-3-7)10-9(12)11(17)14-6-13-10/h6-7H,2-5,12H2,1H3,(H,13,14,17). The normalized spacial score (nSPS) is 17.1. The Kier molecular flexibility index (Phi) is 3.12. The zero-order valence-corrected chi connectivity index (χ0v) is 9.77. The minimum atomic E-state index is -0.325. The van der Waals surface area contributed by atoms with E-state index in [9.17, 15) is 9.59 Å². The van der Waals surface area contributed by atoms with Crippen LogP contribution in [0.15, 0.2) is 11.1 Å². The summed E-state index contributed by atoms with van der Waals surface area (Å²) in [7, 11) is 1.86. The van der Waals surface area contributed by atoms with E-state index in [1.807, 2.05) is 11.9 Å². The van der Waals surface area contributed by atoms with E-state index in [1.165, 1.54) is 6.33 Å². The van der Waals surface area contributed by atoms with E-state index in [2.05, 4.69) is 9.97 Å². The van der Waals surface area contributed by atoms with Crippen LogP contribution in [0.25, 0.3) is 0 Å². The SMILES string of the molecule is CN(c1nc[nH]c(=O)c1N)C1CCC(=O)CC1. The van der Waals surface area contributed by atoms with Gasteiger partial charge < -0.3 is 15.6 Å². The highest BCUT2D eigenvalue weighted by molar-refractivity contribution is 5.79. The molecule has 0 saturated heterocycles. The van der Waals surface area contributed by atoms with E-state index in [4.69, 9.17) is 5.73 Å². The van der Waals surface area contributed by atoms with Gasteiger partial charge in [0.05, 0.1) is 6.33 Å². The highest BCUT2D eigenvalue weighted by Gasteiger charge is 2.24. The Bertz CT molecular complexity index is 473. The Morgan fingerprint density at radius 2 is 2.06 bits per heavy atom. The number of H-pyrrole nitrogens is 1. The van der Waals surface area contributed by atoms with Crippen molar-refractivity contribution in [1.82, 2.24) is 9.97 Å². The summed E-state index contributed by atoms with van der Waals surface area (Å²) < 4.78 is 0. The fourth-order valence-electron chi connectivity index (χ4n) is 2.17. The maximum Gasteiger partial charge on any atom is 0.276 e.